The van der Waals surface area contributed by atoms with Crippen LogP contribution >= 0.6 is 16.9 Å². The number of aliphatic hydroxyl groups excluding tert-OH is 1. The van der Waals surface area contributed by atoms with Gasteiger partial charge in [-0.25, -0.2) is 9.78 Å². The number of aliphatic hydroxyl groups is 1. The molecule has 2 aromatic carbocycles. The Balaban J connectivity index is 1.43. The number of benzene rings is 3. The molecule has 0 unspecified atom stereocenters. The number of hydrogen-bond acceptors (Lipinski definition) is 22. The number of cyclic esters (lactones) is 1. The largest absolute Gasteiger partial charge is 0.507 e. The summed E-state index contributed by atoms with van der Waals surface area (Å²) in [6, 6.07) is 3.21. The Labute approximate surface area is 507 Å². The molecule has 2 aromatic rings. The fraction of sp³-hybridized carbons (Fsp3) is 0.541. The van der Waals surface area contributed by atoms with E-state index in [0.29, 0.717) is 24.7 Å². The molecule has 1 fully saturated rings. The molecule has 3 heterocycles. The summed E-state index contributed by atoms with van der Waals surface area (Å²) < 4.78 is 63.5. The Morgan fingerprint density at radius 2 is 1.56 bits per heavy atom. The average molecular weight is 1250 g/mol. The van der Waals surface area contributed by atoms with Crippen molar-refractivity contribution in [3.63, 3.8) is 0 Å². The monoisotopic (exact) mass is 1250 g/mol. The number of amides is 2. The number of phenolic OH excluding ortho intramolecular Hbond substituents is 2. The molecule has 24 nitrogen and oxygen atoms in total. The molecule has 2 bridgehead atoms. The van der Waals surface area contributed by atoms with Gasteiger partial charge < -0.3 is 63.7 Å². The smallest absolute Gasteiger partial charge is 0.347 e. The Bertz CT molecular complexity index is 3310. The highest BCUT2D eigenvalue weighted by Crippen LogP contribution is 2.47. The van der Waals surface area contributed by atoms with Crippen LogP contribution in [0.2, 0.25) is 0 Å². The summed E-state index contributed by atoms with van der Waals surface area (Å²) in [6.07, 6.45) is 2.17. The fourth-order valence-electron chi connectivity index (χ4n) is 11.0. The van der Waals surface area contributed by atoms with Gasteiger partial charge in [0, 0.05) is 124 Å². The Hall–Kier alpha value is -7.36. The van der Waals surface area contributed by atoms with Crippen molar-refractivity contribution >= 4 is 85.9 Å². The van der Waals surface area contributed by atoms with E-state index in [-0.39, 0.29) is 101 Å². The number of nitrogens with zero attached hydrogens (tertiary/aromatic N) is 3. The molecule has 0 saturated carbocycles. The topological polar surface area (TPSA) is 326 Å². The molecule has 26 heteroatoms. The molecule has 1 saturated heterocycles. The maximum Gasteiger partial charge on any atom is 0.347 e. The zero-order valence-corrected chi connectivity index (χ0v) is 52.7. The van der Waals surface area contributed by atoms with E-state index in [9.17, 15) is 53.2 Å². The van der Waals surface area contributed by atoms with E-state index in [4.69, 9.17) is 37.8 Å². The predicted octanol–water partition coefficient (Wildman–Crippen LogP) is 8.71. The minimum absolute atomic E-state index is 0.0203. The van der Waals surface area contributed by atoms with Gasteiger partial charge in [-0.05, 0) is 45.6 Å². The summed E-state index contributed by atoms with van der Waals surface area (Å²) in [5.41, 5.74) is -2.57. The van der Waals surface area contributed by atoms with Gasteiger partial charge in [-0.15, -0.1) is 0 Å². The quantitative estimate of drug-likeness (QED) is 0.0146. The number of phenols is 2. The van der Waals surface area contributed by atoms with Crippen LogP contribution < -0.4 is 25.7 Å². The van der Waals surface area contributed by atoms with Gasteiger partial charge in [-0.3, -0.25) is 42.8 Å². The molecular weight excluding hydrogens is 1170 g/mol. The number of rotatable bonds is 19. The first-order chi connectivity index (χ1) is 41.3. The van der Waals surface area contributed by atoms with Crippen molar-refractivity contribution in [2.75, 3.05) is 63.3 Å². The lowest BCUT2D eigenvalue weighted by atomic mass is 9.78. The summed E-state index contributed by atoms with van der Waals surface area (Å²) in [4.78, 5) is 105. The second-order valence-corrected chi connectivity index (χ2v) is 24.2. The van der Waals surface area contributed by atoms with Crippen molar-refractivity contribution in [2.45, 2.75) is 131 Å². The molecule has 6 rings (SSSR count). The van der Waals surface area contributed by atoms with Gasteiger partial charge in [0.15, 0.2) is 33.8 Å². The summed E-state index contributed by atoms with van der Waals surface area (Å²) in [5.74, 6) is -8.66. The van der Waals surface area contributed by atoms with Crippen LogP contribution in [0, 0.1) is 36.5 Å². The van der Waals surface area contributed by atoms with Gasteiger partial charge in [-0.1, -0.05) is 59.8 Å². The number of nitrogens with one attached hydrogen (secondary N) is 2. The molecule has 0 radical (unpaired) electrons. The number of carbonyl (C=O) groups excluding carboxylic acids is 6. The molecule has 472 valence electrons. The molecule has 87 heavy (non-hydrogen) atoms. The van der Waals surface area contributed by atoms with E-state index < -0.39 is 128 Å². The third-order valence-electron chi connectivity index (χ3n) is 15.5. The molecule has 0 aromatic heterocycles. The summed E-state index contributed by atoms with van der Waals surface area (Å²) >= 11 is 0. The number of fused-ring (bicyclic) bond motifs is 1. The Morgan fingerprint density at radius 3 is 2.21 bits per heavy atom. The van der Waals surface area contributed by atoms with E-state index in [2.05, 4.69) is 34.3 Å². The number of carbonyl (C=O) groups is 6. The van der Waals surface area contributed by atoms with Gasteiger partial charge >= 0.3 is 23.9 Å². The van der Waals surface area contributed by atoms with Crippen molar-refractivity contribution in [1.82, 2.24) is 15.2 Å². The molecule has 4 aliphatic rings. The average Bonchev–Trinajstić information content (AvgIpc) is 0.728. The van der Waals surface area contributed by atoms with Crippen molar-refractivity contribution in [3.8, 4) is 28.7 Å². The number of anilines is 2. The van der Waals surface area contributed by atoms with Crippen LogP contribution in [0.5, 0.6) is 17.2 Å². The first kappa shape index (κ1) is 68.7. The van der Waals surface area contributed by atoms with Gasteiger partial charge in [0.1, 0.15) is 51.9 Å². The van der Waals surface area contributed by atoms with E-state index in [0.717, 1.165) is 25.9 Å². The first-order valence-corrected chi connectivity index (χ1v) is 30.8. The van der Waals surface area contributed by atoms with E-state index in [1.807, 2.05) is 0 Å². The maximum absolute atomic E-state index is 15.2. The van der Waals surface area contributed by atoms with Crippen molar-refractivity contribution in [2.24, 2.45) is 29.6 Å². The lowest BCUT2D eigenvalue weighted by molar-refractivity contribution is -0.166. The van der Waals surface area contributed by atoms with Gasteiger partial charge in [0.2, 0.25) is 11.3 Å². The highest BCUT2D eigenvalue weighted by molar-refractivity contribution is 7.44. The number of aromatic nitrogens is 1. The SMILES string of the molecule is CCOc1c(C)c(O)c2c(=O)c3c4oc5cc(N6CCN(CC(C)C)CC6)cc(O)c5nc-4c2c1C(=O)O/C=C/[C@H](OC)[C@@H](C)[C@@H](OC(C)=O)[C@H](C)[C@H](O)[C@H](C)[C@@H](OC(=O)CCCOC(=O)CCCC(=O)NC(P=O)P=O)[C@@H](C)/C=C/C=C(/C)C(=O)N3. The number of piperazine rings is 1. The number of aromatic hydroxyl groups is 2. The standard InChI is InChI=1S/C61H79N5O19P2/c1-12-80-57-37(9)53(73)47-46-48(57)60(76)82-27-21-41(79-11)34(6)56(83-38(10)67)36(8)52(72)35(7)55(85-45(71)20-15-26-81-44(70)19-14-18-43(69)62-61(86-77)87-78)32(4)16-13-17-33(5)59(75)64-51(54(47)74)58-50(46)63-49-40(68)28-39(29-42(49)84-58)66-24-22-65(23-25-66)30-31(2)3/h13,16-17,21,27-29,31-32,34-36,41,52,55-56,61,68,72-73H,12,14-15,18-20,22-26,30H2,1-11H3,(H,62,69)(H,64,75)/b16-13+,27-21+,33-17-/t32-,34+,35-,36+,41-,52+,55-,56+/m0/s1. The van der Waals surface area contributed by atoms with Crippen molar-refractivity contribution in [1.29, 1.82) is 0 Å². The van der Waals surface area contributed by atoms with Gasteiger partial charge in [0.05, 0.1) is 37.1 Å². The van der Waals surface area contributed by atoms with Crippen molar-refractivity contribution in [3.05, 3.63) is 69.6 Å². The third kappa shape index (κ3) is 17.0. The number of ether oxygens (including phenoxy) is 6. The van der Waals surface area contributed by atoms with Crippen LogP contribution in [0.15, 0.2) is 57.5 Å². The predicted molar refractivity (Wildman–Crippen MR) is 323 cm³/mol. The minimum Gasteiger partial charge on any atom is -0.507 e. The third-order valence-corrected chi connectivity index (χ3v) is 16.7. The Kier molecular flexibility index (Phi) is 24.9. The van der Waals surface area contributed by atoms with E-state index >= 15 is 4.79 Å². The second kappa shape index (κ2) is 31.5. The normalized spacial score (nSPS) is 23.7. The van der Waals surface area contributed by atoms with Crippen molar-refractivity contribution < 1.29 is 86.1 Å². The maximum atomic E-state index is 15.2. The lowest BCUT2D eigenvalue weighted by Crippen LogP contribution is -2.47. The van der Waals surface area contributed by atoms with Crippen LogP contribution in [0.4, 0.5) is 11.4 Å². The number of hydrogen-bond donors (Lipinski definition) is 5. The summed E-state index contributed by atoms with van der Waals surface area (Å²) in [7, 11) is 0.310. The first-order valence-electron chi connectivity index (χ1n) is 29.0. The highest BCUT2D eigenvalue weighted by Gasteiger charge is 2.41. The van der Waals surface area contributed by atoms with Crippen LogP contribution in [0.25, 0.3) is 33.3 Å². The second-order valence-electron chi connectivity index (χ2n) is 22.4. The summed E-state index contributed by atoms with van der Waals surface area (Å²) in [6.45, 7) is 20.3. The molecular formula is C61H79N5O19P2. The van der Waals surface area contributed by atoms with Crippen LogP contribution in [-0.4, -0.2) is 144 Å². The molecule has 8 atom stereocenters. The molecule has 2 amide bonds. The van der Waals surface area contributed by atoms with Crippen LogP contribution in [0.3, 0.4) is 0 Å². The zero-order chi connectivity index (χ0) is 64.0. The number of esters is 4. The minimum atomic E-state index is -1.34. The molecule has 5 N–H and O–H groups in total. The van der Waals surface area contributed by atoms with Crippen LogP contribution in [-0.2, 0) is 56.8 Å². The zero-order valence-electron chi connectivity index (χ0n) is 50.9. The van der Waals surface area contributed by atoms with E-state index in [1.165, 1.54) is 46.1 Å². The van der Waals surface area contributed by atoms with Gasteiger partial charge in [0.25, 0.3) is 5.91 Å². The van der Waals surface area contributed by atoms with E-state index in [1.54, 1.807) is 52.8 Å². The Morgan fingerprint density at radius 1 is 0.885 bits per heavy atom. The lowest BCUT2D eigenvalue weighted by Gasteiger charge is -2.39. The summed E-state index contributed by atoms with van der Waals surface area (Å²) in [5, 5.41) is 40.2. The van der Waals surface area contributed by atoms with Crippen LogP contribution in [0.1, 0.15) is 110 Å². The molecule has 1 aliphatic carbocycles. The van der Waals surface area contributed by atoms with Gasteiger partial charge in [-0.2, -0.15) is 0 Å². The number of allylic oxidation sites excluding steroid dienone is 2. The molecule has 0 spiro atoms. The number of methoxy groups -OCH3 is 1. The molecule has 3 aliphatic heterocycles. The highest BCUT2D eigenvalue weighted by atomic mass is 31.1. The fourth-order valence-corrected chi connectivity index (χ4v) is 11.5.